The lowest BCUT2D eigenvalue weighted by molar-refractivity contribution is 0.339. The molecule has 0 saturated carbocycles. The van der Waals surface area contributed by atoms with Gasteiger partial charge in [-0.3, -0.25) is 0 Å². The van der Waals surface area contributed by atoms with Gasteiger partial charge in [0.25, 0.3) is 0 Å². The smallest absolute Gasteiger partial charge is 0.119 e. The molecule has 3 heteroatoms. The zero-order chi connectivity index (χ0) is 9.97. The molecule has 0 bridgehead atoms. The fourth-order valence-corrected chi connectivity index (χ4v) is 2.79. The quantitative estimate of drug-likeness (QED) is 0.813. The van der Waals surface area contributed by atoms with Crippen LogP contribution in [0.5, 0.6) is 5.75 Å². The lowest BCUT2D eigenvalue weighted by Crippen LogP contribution is -2.15. The van der Waals surface area contributed by atoms with E-state index in [-0.39, 0.29) is 6.04 Å². The zero-order valence-electron chi connectivity index (χ0n) is 8.32. The SMILES string of the molecule is CCOc1ccc2c(c1)C(N)CCS2. The minimum atomic E-state index is 0.187. The fraction of sp³-hybridized carbons (Fsp3) is 0.455. The molecule has 1 aromatic carbocycles. The monoisotopic (exact) mass is 209 g/mol. The molecule has 14 heavy (non-hydrogen) atoms. The normalized spacial score (nSPS) is 20.3. The molecular formula is C11H15NOS. The van der Waals surface area contributed by atoms with E-state index in [1.165, 1.54) is 10.5 Å². The van der Waals surface area contributed by atoms with Gasteiger partial charge < -0.3 is 10.5 Å². The van der Waals surface area contributed by atoms with Crippen molar-refractivity contribution in [2.24, 2.45) is 5.73 Å². The van der Waals surface area contributed by atoms with Gasteiger partial charge in [0.2, 0.25) is 0 Å². The third-order valence-electron chi connectivity index (χ3n) is 2.38. The van der Waals surface area contributed by atoms with E-state index < -0.39 is 0 Å². The van der Waals surface area contributed by atoms with Crippen molar-refractivity contribution in [2.75, 3.05) is 12.4 Å². The van der Waals surface area contributed by atoms with E-state index in [9.17, 15) is 0 Å². The molecule has 0 aliphatic carbocycles. The van der Waals surface area contributed by atoms with Gasteiger partial charge in [0.05, 0.1) is 6.61 Å². The van der Waals surface area contributed by atoms with Crippen molar-refractivity contribution >= 4 is 11.8 Å². The molecule has 1 aliphatic heterocycles. The van der Waals surface area contributed by atoms with E-state index in [0.717, 1.165) is 17.9 Å². The van der Waals surface area contributed by atoms with Crippen LogP contribution in [0.15, 0.2) is 23.1 Å². The Morgan fingerprint density at radius 3 is 3.21 bits per heavy atom. The molecule has 0 saturated heterocycles. The molecule has 2 rings (SSSR count). The second-order valence-corrected chi connectivity index (χ2v) is 4.51. The Bertz CT molecular complexity index is 327. The average Bonchev–Trinajstić information content (AvgIpc) is 2.20. The highest BCUT2D eigenvalue weighted by Crippen LogP contribution is 2.36. The van der Waals surface area contributed by atoms with E-state index in [0.29, 0.717) is 6.61 Å². The largest absolute Gasteiger partial charge is 0.494 e. The molecule has 1 heterocycles. The summed E-state index contributed by atoms with van der Waals surface area (Å²) in [6, 6.07) is 6.40. The Morgan fingerprint density at radius 1 is 1.57 bits per heavy atom. The van der Waals surface area contributed by atoms with E-state index in [1.807, 2.05) is 24.8 Å². The summed E-state index contributed by atoms with van der Waals surface area (Å²) in [4.78, 5) is 1.31. The fourth-order valence-electron chi connectivity index (χ4n) is 1.66. The molecule has 2 N–H and O–H groups in total. The summed E-state index contributed by atoms with van der Waals surface area (Å²) < 4.78 is 5.46. The van der Waals surface area contributed by atoms with Gasteiger partial charge in [0.15, 0.2) is 0 Å². The first-order chi connectivity index (χ1) is 6.81. The van der Waals surface area contributed by atoms with Gasteiger partial charge in [0.1, 0.15) is 5.75 Å². The summed E-state index contributed by atoms with van der Waals surface area (Å²) >= 11 is 1.88. The zero-order valence-corrected chi connectivity index (χ0v) is 9.14. The highest BCUT2D eigenvalue weighted by atomic mass is 32.2. The van der Waals surface area contributed by atoms with Crippen LogP contribution in [-0.2, 0) is 0 Å². The second-order valence-electron chi connectivity index (χ2n) is 3.38. The van der Waals surface area contributed by atoms with Crippen LogP contribution >= 0.6 is 11.8 Å². The number of ether oxygens (including phenoxy) is 1. The molecule has 1 aromatic rings. The third-order valence-corrected chi connectivity index (χ3v) is 3.50. The van der Waals surface area contributed by atoms with E-state index >= 15 is 0 Å². The molecule has 76 valence electrons. The van der Waals surface area contributed by atoms with Crippen LogP contribution in [-0.4, -0.2) is 12.4 Å². The number of hydrogen-bond donors (Lipinski definition) is 1. The van der Waals surface area contributed by atoms with Crippen LogP contribution in [0.3, 0.4) is 0 Å². The lowest BCUT2D eigenvalue weighted by Gasteiger charge is -2.22. The van der Waals surface area contributed by atoms with E-state index in [1.54, 1.807) is 0 Å². The van der Waals surface area contributed by atoms with Crippen LogP contribution < -0.4 is 10.5 Å². The van der Waals surface area contributed by atoms with Gasteiger partial charge in [-0.25, -0.2) is 0 Å². The molecule has 0 amide bonds. The standard InChI is InChI=1S/C11H15NOS/c1-2-13-8-3-4-11-9(7-8)10(12)5-6-14-11/h3-4,7,10H,2,5-6,12H2,1H3. The molecule has 0 radical (unpaired) electrons. The molecule has 0 aromatic heterocycles. The van der Waals surface area contributed by atoms with E-state index in [4.69, 9.17) is 10.5 Å². The van der Waals surface area contributed by atoms with Crippen molar-refractivity contribution in [1.82, 2.24) is 0 Å². The van der Waals surface area contributed by atoms with Crippen molar-refractivity contribution in [1.29, 1.82) is 0 Å². The van der Waals surface area contributed by atoms with Crippen molar-refractivity contribution < 1.29 is 4.74 Å². The Morgan fingerprint density at radius 2 is 2.43 bits per heavy atom. The van der Waals surface area contributed by atoms with Crippen molar-refractivity contribution in [3.63, 3.8) is 0 Å². The van der Waals surface area contributed by atoms with Gasteiger partial charge in [0, 0.05) is 10.9 Å². The molecule has 0 fully saturated rings. The maximum absolute atomic E-state index is 6.04. The summed E-state index contributed by atoms with van der Waals surface area (Å²) in [6.07, 6.45) is 1.06. The highest BCUT2D eigenvalue weighted by molar-refractivity contribution is 7.99. The molecule has 1 aliphatic rings. The lowest BCUT2D eigenvalue weighted by atomic mass is 10.0. The summed E-state index contributed by atoms with van der Waals surface area (Å²) in [5.74, 6) is 2.06. The minimum Gasteiger partial charge on any atom is -0.494 e. The van der Waals surface area contributed by atoms with Crippen LogP contribution in [0.4, 0.5) is 0 Å². The average molecular weight is 209 g/mol. The number of fused-ring (bicyclic) bond motifs is 1. The number of benzene rings is 1. The molecule has 2 nitrogen and oxygen atoms in total. The molecule has 1 unspecified atom stereocenters. The van der Waals surface area contributed by atoms with Crippen molar-refractivity contribution in [2.45, 2.75) is 24.3 Å². The Hall–Kier alpha value is -0.670. The topological polar surface area (TPSA) is 35.2 Å². The van der Waals surface area contributed by atoms with Crippen LogP contribution in [0.1, 0.15) is 24.9 Å². The Labute approximate surface area is 88.8 Å². The summed E-state index contributed by atoms with van der Waals surface area (Å²) in [7, 11) is 0. The van der Waals surface area contributed by atoms with Crippen molar-refractivity contribution in [3.05, 3.63) is 23.8 Å². The third kappa shape index (κ3) is 1.88. The number of rotatable bonds is 2. The first-order valence-corrected chi connectivity index (χ1v) is 5.95. The van der Waals surface area contributed by atoms with Crippen molar-refractivity contribution in [3.8, 4) is 5.75 Å². The Kier molecular flexibility index (Phi) is 2.99. The van der Waals surface area contributed by atoms with Gasteiger partial charge in [-0.2, -0.15) is 0 Å². The maximum atomic E-state index is 6.04. The predicted molar refractivity (Wildman–Crippen MR) is 59.9 cm³/mol. The van der Waals surface area contributed by atoms with Gasteiger partial charge >= 0.3 is 0 Å². The van der Waals surface area contributed by atoms with Gasteiger partial charge in [-0.05, 0) is 42.9 Å². The van der Waals surface area contributed by atoms with Crippen LogP contribution in [0.25, 0.3) is 0 Å². The summed E-state index contributed by atoms with van der Waals surface area (Å²) in [6.45, 7) is 2.70. The number of nitrogens with two attached hydrogens (primary N) is 1. The number of thioether (sulfide) groups is 1. The Balaban J connectivity index is 2.31. The molecular weight excluding hydrogens is 194 g/mol. The van der Waals surface area contributed by atoms with Gasteiger partial charge in [-0.1, -0.05) is 0 Å². The summed E-state index contributed by atoms with van der Waals surface area (Å²) in [5, 5.41) is 0. The van der Waals surface area contributed by atoms with E-state index in [2.05, 4.69) is 12.1 Å². The predicted octanol–water partition coefficient (Wildman–Crippen LogP) is 2.58. The molecule has 1 atom stereocenters. The highest BCUT2D eigenvalue weighted by Gasteiger charge is 2.17. The van der Waals surface area contributed by atoms with Crippen LogP contribution in [0.2, 0.25) is 0 Å². The number of hydrogen-bond acceptors (Lipinski definition) is 3. The van der Waals surface area contributed by atoms with Crippen LogP contribution in [0, 0.1) is 0 Å². The first-order valence-electron chi connectivity index (χ1n) is 4.96. The first kappa shape index (κ1) is 9.87. The summed E-state index contributed by atoms with van der Waals surface area (Å²) in [5.41, 5.74) is 7.29. The minimum absolute atomic E-state index is 0.187. The maximum Gasteiger partial charge on any atom is 0.119 e. The van der Waals surface area contributed by atoms with Gasteiger partial charge in [-0.15, -0.1) is 11.8 Å². The second kappa shape index (κ2) is 4.24. The molecule has 0 spiro atoms.